The van der Waals surface area contributed by atoms with Gasteiger partial charge in [0.25, 0.3) is 11.8 Å². The van der Waals surface area contributed by atoms with Crippen LogP contribution < -0.4 is 15.0 Å². The van der Waals surface area contributed by atoms with Crippen molar-refractivity contribution in [3.8, 4) is 16.2 Å². The molecule has 1 aliphatic heterocycles. The van der Waals surface area contributed by atoms with Crippen molar-refractivity contribution in [2.45, 2.75) is 5.37 Å². The third-order valence-corrected chi connectivity index (χ3v) is 9.19. The van der Waals surface area contributed by atoms with Gasteiger partial charge < -0.3 is 19.9 Å². The number of ether oxygens (including phenoxy) is 1. The van der Waals surface area contributed by atoms with Crippen molar-refractivity contribution in [1.82, 2.24) is 20.2 Å². The summed E-state index contributed by atoms with van der Waals surface area (Å²) < 4.78 is 6.26. The van der Waals surface area contributed by atoms with Crippen molar-refractivity contribution < 1.29 is 14.3 Å². The molecule has 2 aromatic heterocycles. The maximum atomic E-state index is 13.8. The number of carbonyl (C=O) groups is 2. The minimum atomic E-state index is -0.176. The number of benzene rings is 2. The Balaban J connectivity index is 1.37. The Kier molecular flexibility index (Phi) is 7.13. The molecule has 11 heteroatoms. The number of fused-ring (bicyclic) bond motifs is 1. The lowest BCUT2D eigenvalue weighted by atomic mass is 10.1. The third-order valence-electron chi connectivity index (χ3n) is 5.82. The highest BCUT2D eigenvalue weighted by molar-refractivity contribution is 8.00. The first-order valence-electron chi connectivity index (χ1n) is 11.3. The summed E-state index contributed by atoms with van der Waals surface area (Å²) in [6.45, 7) is 0.949. The molecule has 0 bridgehead atoms. The first-order valence-corrected chi connectivity index (χ1v) is 14.1. The van der Waals surface area contributed by atoms with E-state index in [1.54, 1.807) is 30.4 Å². The number of nitrogens with zero attached hydrogens (tertiary/aromatic N) is 4. The number of rotatable bonds is 7. The van der Waals surface area contributed by atoms with Crippen LogP contribution in [0.2, 0.25) is 0 Å². The molecule has 0 aliphatic carbocycles. The summed E-state index contributed by atoms with van der Waals surface area (Å²) >= 11 is 4.59. The number of thioether (sulfide) groups is 1. The summed E-state index contributed by atoms with van der Waals surface area (Å²) in [5, 5.41) is 3.61. The molecule has 8 nitrogen and oxygen atoms in total. The molecule has 2 aromatic carbocycles. The van der Waals surface area contributed by atoms with Crippen LogP contribution in [0.25, 0.3) is 20.7 Å². The van der Waals surface area contributed by atoms with Crippen LogP contribution >= 0.6 is 34.4 Å². The number of hydrogen-bond donors (Lipinski definition) is 1. The Morgan fingerprint density at radius 3 is 2.86 bits per heavy atom. The van der Waals surface area contributed by atoms with E-state index in [9.17, 15) is 9.59 Å². The number of aromatic nitrogens is 2. The van der Waals surface area contributed by atoms with Crippen molar-refractivity contribution >= 4 is 61.6 Å². The first-order chi connectivity index (χ1) is 17.5. The largest absolute Gasteiger partial charge is 0.497 e. The maximum absolute atomic E-state index is 13.8. The molecule has 1 saturated heterocycles. The van der Waals surface area contributed by atoms with E-state index >= 15 is 0 Å². The molecule has 1 atom stereocenters. The summed E-state index contributed by atoms with van der Waals surface area (Å²) in [6.07, 6.45) is 0. The second kappa shape index (κ2) is 10.5. The lowest BCUT2D eigenvalue weighted by molar-refractivity contribution is 0.0747. The van der Waals surface area contributed by atoms with Crippen LogP contribution in [0.4, 0.5) is 5.13 Å². The quantitative estimate of drug-likeness (QED) is 0.372. The van der Waals surface area contributed by atoms with Gasteiger partial charge in [-0.3, -0.25) is 9.59 Å². The molecule has 2 amide bonds. The van der Waals surface area contributed by atoms with Gasteiger partial charge in [-0.2, -0.15) is 0 Å². The van der Waals surface area contributed by atoms with Crippen LogP contribution in [-0.2, 0) is 0 Å². The molecule has 0 radical (unpaired) electrons. The Morgan fingerprint density at radius 1 is 1.22 bits per heavy atom. The van der Waals surface area contributed by atoms with Gasteiger partial charge in [0.05, 0.1) is 38.7 Å². The van der Waals surface area contributed by atoms with E-state index in [-0.39, 0.29) is 17.2 Å². The van der Waals surface area contributed by atoms with E-state index < -0.39 is 0 Å². The highest BCUT2D eigenvalue weighted by atomic mass is 32.2. The van der Waals surface area contributed by atoms with Crippen LogP contribution in [0.1, 0.15) is 20.8 Å². The van der Waals surface area contributed by atoms with Crippen molar-refractivity contribution in [2.24, 2.45) is 0 Å². The molecule has 1 N–H and O–H groups in total. The lowest BCUT2D eigenvalue weighted by Crippen LogP contribution is -2.42. The Labute approximate surface area is 221 Å². The van der Waals surface area contributed by atoms with Crippen molar-refractivity contribution in [3.63, 3.8) is 0 Å². The average molecular weight is 540 g/mol. The van der Waals surface area contributed by atoms with Gasteiger partial charge in [0.1, 0.15) is 11.4 Å². The molecule has 5 rings (SSSR count). The van der Waals surface area contributed by atoms with E-state index in [0.29, 0.717) is 24.3 Å². The minimum Gasteiger partial charge on any atom is -0.497 e. The van der Waals surface area contributed by atoms with E-state index in [0.717, 1.165) is 37.3 Å². The number of amides is 2. The number of hydrogen-bond acceptors (Lipinski definition) is 9. The summed E-state index contributed by atoms with van der Waals surface area (Å²) in [5.41, 5.74) is 4.46. The fourth-order valence-corrected chi connectivity index (χ4v) is 6.94. The fraction of sp³-hybridized carbons (Fsp3) is 0.280. The predicted molar refractivity (Wildman–Crippen MR) is 148 cm³/mol. The molecular weight excluding hydrogens is 515 g/mol. The smallest absolute Gasteiger partial charge is 0.275 e. The highest BCUT2D eigenvalue weighted by Gasteiger charge is 2.34. The normalized spacial score (nSPS) is 15.3. The van der Waals surface area contributed by atoms with Crippen LogP contribution in [0, 0.1) is 0 Å². The number of thiazole rings is 2. The Morgan fingerprint density at radius 2 is 2.06 bits per heavy atom. The molecule has 0 spiro atoms. The molecule has 36 heavy (non-hydrogen) atoms. The van der Waals surface area contributed by atoms with Crippen LogP contribution in [-0.4, -0.2) is 72.1 Å². The van der Waals surface area contributed by atoms with Crippen LogP contribution in [0.3, 0.4) is 0 Å². The zero-order valence-corrected chi connectivity index (χ0v) is 22.5. The van der Waals surface area contributed by atoms with Crippen molar-refractivity contribution in [2.75, 3.05) is 44.9 Å². The Hall–Kier alpha value is -3.15. The van der Waals surface area contributed by atoms with Crippen molar-refractivity contribution in [1.29, 1.82) is 0 Å². The second-order valence-electron chi connectivity index (χ2n) is 8.34. The van der Waals surface area contributed by atoms with Crippen LogP contribution in [0.15, 0.2) is 48.0 Å². The lowest BCUT2D eigenvalue weighted by Gasteiger charge is -2.24. The van der Waals surface area contributed by atoms with Gasteiger partial charge in [-0.05, 0) is 29.8 Å². The third kappa shape index (κ3) is 4.78. The highest BCUT2D eigenvalue weighted by Crippen LogP contribution is 2.37. The number of methoxy groups -OCH3 is 1. The van der Waals surface area contributed by atoms with E-state index in [1.165, 1.54) is 22.7 Å². The van der Waals surface area contributed by atoms with E-state index in [2.05, 4.69) is 10.3 Å². The van der Waals surface area contributed by atoms with Gasteiger partial charge in [-0.25, -0.2) is 9.97 Å². The standard InChI is InChI=1S/C25H25N5O3S3/c1-29(2)25-28-20(21(36-25)15-6-4-7-16(12-15)33-3)24(32)30-10-11-34-19(30)13-26-23(31)17-8-5-9-18-22(17)35-14-27-18/h4-9,12,14,19H,10-11,13H2,1-3H3,(H,26,31). The zero-order chi connectivity index (χ0) is 25.2. The van der Waals surface area contributed by atoms with Crippen LogP contribution in [0.5, 0.6) is 5.75 Å². The summed E-state index contributed by atoms with van der Waals surface area (Å²) in [6, 6.07) is 13.2. The van der Waals surface area contributed by atoms with Gasteiger partial charge in [0, 0.05) is 32.9 Å². The second-order valence-corrected chi connectivity index (χ2v) is 11.5. The first kappa shape index (κ1) is 24.5. The predicted octanol–water partition coefficient (Wildman–Crippen LogP) is 4.44. The molecular formula is C25H25N5O3S3. The Bertz CT molecular complexity index is 1420. The fourth-order valence-electron chi connectivity index (χ4n) is 4.00. The maximum Gasteiger partial charge on any atom is 0.275 e. The van der Waals surface area contributed by atoms with E-state index in [4.69, 9.17) is 9.72 Å². The molecule has 4 aromatic rings. The van der Waals surface area contributed by atoms with Gasteiger partial charge in [-0.15, -0.1) is 23.1 Å². The summed E-state index contributed by atoms with van der Waals surface area (Å²) in [4.78, 5) is 40.3. The monoisotopic (exact) mass is 539 g/mol. The number of carbonyl (C=O) groups excluding carboxylic acids is 2. The molecule has 1 fully saturated rings. The topological polar surface area (TPSA) is 87.7 Å². The van der Waals surface area contributed by atoms with Gasteiger partial charge in [0.2, 0.25) is 0 Å². The molecule has 1 aliphatic rings. The minimum absolute atomic E-state index is 0.133. The zero-order valence-electron chi connectivity index (χ0n) is 20.1. The van der Waals surface area contributed by atoms with Gasteiger partial charge >= 0.3 is 0 Å². The number of nitrogens with one attached hydrogen (secondary N) is 1. The SMILES string of the molecule is COc1cccc(-c2sc(N(C)C)nc2C(=O)N2CCSC2CNC(=O)c2cccc3ncsc23)c1. The molecule has 0 saturated carbocycles. The number of anilines is 1. The summed E-state index contributed by atoms with van der Waals surface area (Å²) in [7, 11) is 5.45. The molecule has 3 heterocycles. The van der Waals surface area contributed by atoms with Gasteiger partial charge in [0.15, 0.2) is 5.13 Å². The summed E-state index contributed by atoms with van der Waals surface area (Å²) in [5.74, 6) is 1.23. The van der Waals surface area contributed by atoms with Crippen molar-refractivity contribution in [3.05, 3.63) is 59.2 Å². The molecule has 186 valence electrons. The van der Waals surface area contributed by atoms with Gasteiger partial charge in [-0.1, -0.05) is 29.5 Å². The average Bonchev–Trinajstić information content (AvgIpc) is 3.65. The van der Waals surface area contributed by atoms with E-state index in [1.807, 2.05) is 60.3 Å². The molecule has 1 unspecified atom stereocenters.